The number of carbonyl (C=O) groups is 4. The maximum absolute atomic E-state index is 11.8. The van der Waals surface area contributed by atoms with Crippen LogP contribution >= 0.6 is 0 Å². The summed E-state index contributed by atoms with van der Waals surface area (Å²) >= 11 is 0. The van der Waals surface area contributed by atoms with E-state index in [1.54, 1.807) is 0 Å². The van der Waals surface area contributed by atoms with E-state index in [2.05, 4.69) is 4.74 Å². The standard InChI is InChI=1S/C11H16N2O5/c1-12-9(15)7(5-4-6-8(14)18-3)10(16)13(2)11(12)17/h7H,4-6H2,1-3H3. The number of esters is 1. The molecular weight excluding hydrogens is 240 g/mol. The molecule has 0 saturated carbocycles. The topological polar surface area (TPSA) is 84.0 Å². The second kappa shape index (κ2) is 5.61. The Kier molecular flexibility index (Phi) is 4.41. The van der Waals surface area contributed by atoms with Gasteiger partial charge in [-0.3, -0.25) is 24.2 Å². The summed E-state index contributed by atoms with van der Waals surface area (Å²) in [5, 5.41) is 0. The number of hydrogen-bond acceptors (Lipinski definition) is 5. The molecule has 1 saturated heterocycles. The van der Waals surface area contributed by atoms with E-state index in [4.69, 9.17) is 0 Å². The minimum Gasteiger partial charge on any atom is -0.469 e. The van der Waals surface area contributed by atoms with Gasteiger partial charge in [0, 0.05) is 20.5 Å². The van der Waals surface area contributed by atoms with Crippen molar-refractivity contribution in [1.82, 2.24) is 9.80 Å². The van der Waals surface area contributed by atoms with E-state index in [9.17, 15) is 19.2 Å². The lowest BCUT2D eigenvalue weighted by molar-refractivity contribution is -0.149. The van der Waals surface area contributed by atoms with E-state index >= 15 is 0 Å². The Balaban J connectivity index is 2.64. The summed E-state index contributed by atoms with van der Waals surface area (Å²) < 4.78 is 4.47. The maximum atomic E-state index is 11.8. The number of carbonyl (C=O) groups excluding carboxylic acids is 4. The molecule has 0 aliphatic carbocycles. The number of hydrogen-bond donors (Lipinski definition) is 0. The van der Waals surface area contributed by atoms with Crippen LogP contribution in [0.25, 0.3) is 0 Å². The van der Waals surface area contributed by atoms with Crippen molar-refractivity contribution in [1.29, 1.82) is 0 Å². The van der Waals surface area contributed by atoms with Gasteiger partial charge >= 0.3 is 12.0 Å². The lowest BCUT2D eigenvalue weighted by Crippen LogP contribution is -2.56. The van der Waals surface area contributed by atoms with Crippen LogP contribution in [-0.2, 0) is 19.1 Å². The smallest absolute Gasteiger partial charge is 0.332 e. The van der Waals surface area contributed by atoms with E-state index in [-0.39, 0.29) is 18.8 Å². The molecule has 4 amide bonds. The van der Waals surface area contributed by atoms with Crippen molar-refractivity contribution >= 4 is 23.8 Å². The highest BCUT2D eigenvalue weighted by Crippen LogP contribution is 2.20. The normalized spacial score (nSPS) is 17.4. The minimum absolute atomic E-state index is 0.148. The largest absolute Gasteiger partial charge is 0.469 e. The predicted octanol–water partition coefficient (Wildman–Crippen LogP) is -0.00370. The third kappa shape index (κ3) is 2.66. The molecule has 0 aromatic heterocycles. The van der Waals surface area contributed by atoms with Crippen LogP contribution in [0.5, 0.6) is 0 Å². The summed E-state index contributed by atoms with van der Waals surface area (Å²) in [7, 11) is 3.95. The molecule has 0 N–H and O–H groups in total. The Morgan fingerprint density at radius 2 is 1.67 bits per heavy atom. The fourth-order valence-electron chi connectivity index (χ4n) is 1.79. The summed E-state index contributed by atoms with van der Waals surface area (Å²) in [6, 6.07) is -0.630. The van der Waals surface area contributed by atoms with Crippen LogP contribution in [0.2, 0.25) is 0 Å². The number of amides is 4. The number of barbiturate groups is 1. The predicted molar refractivity (Wildman–Crippen MR) is 60.3 cm³/mol. The molecule has 1 rings (SSSR count). The quantitative estimate of drug-likeness (QED) is 0.522. The van der Waals surface area contributed by atoms with E-state index in [1.807, 2.05) is 0 Å². The molecule has 0 spiro atoms. The summed E-state index contributed by atoms with van der Waals surface area (Å²) in [5.41, 5.74) is 0. The third-order valence-electron chi connectivity index (χ3n) is 2.93. The van der Waals surface area contributed by atoms with Gasteiger partial charge in [0.2, 0.25) is 11.8 Å². The van der Waals surface area contributed by atoms with Gasteiger partial charge in [-0.25, -0.2) is 4.79 Å². The van der Waals surface area contributed by atoms with Crippen molar-refractivity contribution < 1.29 is 23.9 Å². The van der Waals surface area contributed by atoms with Crippen LogP contribution < -0.4 is 0 Å². The van der Waals surface area contributed by atoms with Crippen molar-refractivity contribution in [2.75, 3.05) is 21.2 Å². The van der Waals surface area contributed by atoms with Gasteiger partial charge in [0.05, 0.1) is 7.11 Å². The van der Waals surface area contributed by atoms with Gasteiger partial charge in [0.25, 0.3) is 0 Å². The molecule has 1 aliphatic rings. The van der Waals surface area contributed by atoms with Crippen LogP contribution in [0.15, 0.2) is 0 Å². The van der Waals surface area contributed by atoms with Gasteiger partial charge in [0.1, 0.15) is 5.92 Å². The first-order valence-corrected chi connectivity index (χ1v) is 5.56. The van der Waals surface area contributed by atoms with Gasteiger partial charge in [-0.1, -0.05) is 0 Å². The molecule has 7 heteroatoms. The van der Waals surface area contributed by atoms with Crippen molar-refractivity contribution in [2.45, 2.75) is 19.3 Å². The molecule has 0 radical (unpaired) electrons. The third-order valence-corrected chi connectivity index (χ3v) is 2.93. The lowest BCUT2D eigenvalue weighted by Gasteiger charge is -2.32. The lowest BCUT2D eigenvalue weighted by atomic mass is 9.97. The summed E-state index contributed by atoms with van der Waals surface area (Å²) in [5.74, 6) is -2.31. The molecule has 0 aromatic carbocycles. The molecule has 1 aliphatic heterocycles. The first kappa shape index (κ1) is 14.1. The van der Waals surface area contributed by atoms with Gasteiger partial charge in [-0.05, 0) is 12.8 Å². The number of ether oxygens (including phenoxy) is 1. The van der Waals surface area contributed by atoms with Gasteiger partial charge < -0.3 is 4.74 Å². The Labute approximate surface area is 105 Å². The SMILES string of the molecule is COC(=O)CCCC1C(=O)N(C)C(=O)N(C)C1=O. The van der Waals surface area contributed by atoms with Crippen molar-refractivity contribution in [3.8, 4) is 0 Å². The second-order valence-electron chi connectivity index (χ2n) is 4.10. The molecular formula is C11H16N2O5. The van der Waals surface area contributed by atoms with Crippen molar-refractivity contribution in [3.63, 3.8) is 0 Å². The van der Waals surface area contributed by atoms with Gasteiger partial charge in [-0.2, -0.15) is 0 Å². The molecule has 0 bridgehead atoms. The number of urea groups is 1. The first-order valence-electron chi connectivity index (χ1n) is 5.56. The number of rotatable bonds is 4. The Morgan fingerprint density at radius 3 is 2.11 bits per heavy atom. The number of nitrogens with zero attached hydrogens (tertiary/aromatic N) is 2. The summed E-state index contributed by atoms with van der Waals surface area (Å²) in [4.78, 5) is 47.8. The molecule has 1 heterocycles. The Hall–Kier alpha value is -1.92. The van der Waals surface area contributed by atoms with E-state index in [0.717, 1.165) is 9.80 Å². The fourth-order valence-corrected chi connectivity index (χ4v) is 1.79. The zero-order valence-corrected chi connectivity index (χ0v) is 10.6. The molecule has 0 atom stereocenters. The van der Waals surface area contributed by atoms with Crippen LogP contribution in [0.4, 0.5) is 4.79 Å². The van der Waals surface area contributed by atoms with Crippen LogP contribution in [0.1, 0.15) is 19.3 Å². The highest BCUT2D eigenvalue weighted by Gasteiger charge is 2.41. The van der Waals surface area contributed by atoms with E-state index in [0.29, 0.717) is 6.42 Å². The zero-order valence-electron chi connectivity index (χ0n) is 10.6. The molecule has 1 fully saturated rings. The Bertz CT molecular complexity index is 369. The fraction of sp³-hybridized carbons (Fsp3) is 0.636. The van der Waals surface area contributed by atoms with Crippen LogP contribution in [-0.4, -0.2) is 54.8 Å². The van der Waals surface area contributed by atoms with Gasteiger partial charge in [-0.15, -0.1) is 0 Å². The van der Waals surface area contributed by atoms with Gasteiger partial charge in [0.15, 0.2) is 0 Å². The molecule has 18 heavy (non-hydrogen) atoms. The highest BCUT2D eigenvalue weighted by molar-refractivity contribution is 6.15. The second-order valence-corrected chi connectivity index (χ2v) is 4.10. The van der Waals surface area contributed by atoms with Crippen LogP contribution in [0.3, 0.4) is 0 Å². The zero-order chi connectivity index (χ0) is 13.9. The van der Waals surface area contributed by atoms with E-state index < -0.39 is 23.8 Å². The molecule has 100 valence electrons. The monoisotopic (exact) mass is 256 g/mol. The molecule has 7 nitrogen and oxygen atoms in total. The Morgan fingerprint density at radius 1 is 1.17 bits per heavy atom. The van der Waals surface area contributed by atoms with Crippen molar-refractivity contribution in [3.05, 3.63) is 0 Å². The van der Waals surface area contributed by atoms with E-state index in [1.165, 1.54) is 21.2 Å². The maximum Gasteiger partial charge on any atom is 0.332 e. The molecule has 0 unspecified atom stereocenters. The minimum atomic E-state index is -0.887. The number of imide groups is 2. The number of methoxy groups -OCH3 is 1. The first-order chi connectivity index (χ1) is 8.40. The summed E-state index contributed by atoms with van der Waals surface area (Å²) in [6.45, 7) is 0. The van der Waals surface area contributed by atoms with Crippen LogP contribution in [0, 0.1) is 5.92 Å². The highest BCUT2D eigenvalue weighted by atomic mass is 16.5. The average molecular weight is 256 g/mol. The average Bonchev–Trinajstić information content (AvgIpc) is 2.37. The molecule has 0 aromatic rings. The van der Waals surface area contributed by atoms with Crippen molar-refractivity contribution in [2.24, 2.45) is 5.92 Å². The summed E-state index contributed by atoms with van der Waals surface area (Å²) in [6.07, 6.45) is 0.744.